The highest BCUT2D eigenvalue weighted by Gasteiger charge is 2.33. The number of nitrogens with two attached hydrogens (primary N) is 2. The van der Waals surface area contributed by atoms with Crippen LogP contribution in [0.4, 0.5) is 0 Å². The highest BCUT2D eigenvalue weighted by molar-refractivity contribution is 4.88. The second kappa shape index (κ2) is 8.38. The topological polar surface area (TPSA) is 123 Å². The summed E-state index contributed by atoms with van der Waals surface area (Å²) in [6.45, 7) is 0.359. The molecule has 1 aliphatic heterocycles. The van der Waals surface area contributed by atoms with Gasteiger partial charge in [-0.2, -0.15) is 0 Å². The summed E-state index contributed by atoms with van der Waals surface area (Å²) in [7, 11) is 0. The zero-order valence-corrected chi connectivity index (χ0v) is 12.5. The lowest BCUT2D eigenvalue weighted by Gasteiger charge is -2.36. The summed E-state index contributed by atoms with van der Waals surface area (Å²) < 4.78 is 11.7. The van der Waals surface area contributed by atoms with Gasteiger partial charge in [0.05, 0.1) is 31.5 Å². The second-order valence-electron chi connectivity index (χ2n) is 6.15. The molecule has 5 atom stereocenters. The predicted octanol–water partition coefficient (Wildman–Crippen LogP) is -1.34. The molecule has 5 unspecified atom stereocenters. The molecule has 1 heterocycles. The molecule has 0 aromatic heterocycles. The van der Waals surface area contributed by atoms with E-state index in [0.29, 0.717) is 6.54 Å². The SMILES string of the molecule is NCC1CCC(OC2CC(N)CC(NC(CO)CO)C2)O1. The lowest BCUT2D eigenvalue weighted by molar-refractivity contribution is -0.169. The number of aliphatic hydroxyl groups is 2. The van der Waals surface area contributed by atoms with E-state index in [1.807, 2.05) is 0 Å². The average molecular weight is 303 g/mol. The quantitative estimate of drug-likeness (QED) is 0.394. The van der Waals surface area contributed by atoms with Crippen LogP contribution >= 0.6 is 0 Å². The molecule has 2 aliphatic rings. The predicted molar refractivity (Wildman–Crippen MR) is 78.5 cm³/mol. The average Bonchev–Trinajstić information content (AvgIpc) is 2.91. The van der Waals surface area contributed by atoms with Crippen LogP contribution in [0.15, 0.2) is 0 Å². The summed E-state index contributed by atoms with van der Waals surface area (Å²) in [6, 6.07) is -0.0916. The third-order valence-corrected chi connectivity index (χ3v) is 4.29. The molecule has 2 fully saturated rings. The molecule has 1 saturated carbocycles. The van der Waals surface area contributed by atoms with Crippen molar-refractivity contribution in [3.05, 3.63) is 0 Å². The Hall–Kier alpha value is -0.280. The minimum atomic E-state index is -0.301. The molecule has 0 aromatic carbocycles. The van der Waals surface area contributed by atoms with E-state index in [1.165, 1.54) is 0 Å². The van der Waals surface area contributed by atoms with Gasteiger partial charge in [-0.25, -0.2) is 0 Å². The Morgan fingerprint density at radius 3 is 2.57 bits per heavy atom. The number of rotatable bonds is 7. The van der Waals surface area contributed by atoms with Crippen LogP contribution in [0, 0.1) is 0 Å². The van der Waals surface area contributed by atoms with E-state index in [0.717, 1.165) is 32.1 Å². The number of hydrogen-bond donors (Lipinski definition) is 5. The monoisotopic (exact) mass is 303 g/mol. The van der Waals surface area contributed by atoms with Crippen molar-refractivity contribution in [2.24, 2.45) is 11.5 Å². The lowest BCUT2D eigenvalue weighted by Crippen LogP contribution is -2.51. The lowest BCUT2D eigenvalue weighted by atomic mass is 9.88. The maximum absolute atomic E-state index is 9.16. The minimum Gasteiger partial charge on any atom is -0.395 e. The molecular weight excluding hydrogens is 274 g/mol. The van der Waals surface area contributed by atoms with E-state index in [2.05, 4.69) is 5.32 Å². The van der Waals surface area contributed by atoms with Crippen LogP contribution in [-0.4, -0.2) is 66.6 Å². The van der Waals surface area contributed by atoms with Crippen LogP contribution in [0.3, 0.4) is 0 Å². The van der Waals surface area contributed by atoms with Crippen molar-refractivity contribution >= 4 is 0 Å². The van der Waals surface area contributed by atoms with Gasteiger partial charge in [0, 0.05) is 25.0 Å². The van der Waals surface area contributed by atoms with Crippen molar-refractivity contribution in [3.63, 3.8) is 0 Å². The zero-order valence-electron chi connectivity index (χ0n) is 12.5. The Morgan fingerprint density at radius 1 is 1.19 bits per heavy atom. The van der Waals surface area contributed by atoms with Gasteiger partial charge in [-0.1, -0.05) is 0 Å². The summed E-state index contributed by atoms with van der Waals surface area (Å²) in [5.74, 6) is 0. The molecule has 0 radical (unpaired) electrons. The maximum atomic E-state index is 9.16. The fraction of sp³-hybridized carbons (Fsp3) is 1.00. The molecule has 0 amide bonds. The van der Waals surface area contributed by atoms with Gasteiger partial charge in [-0.3, -0.25) is 0 Å². The van der Waals surface area contributed by atoms with Gasteiger partial charge in [-0.15, -0.1) is 0 Å². The molecule has 7 heteroatoms. The molecule has 21 heavy (non-hydrogen) atoms. The number of hydrogen-bond acceptors (Lipinski definition) is 7. The molecule has 0 aromatic rings. The largest absolute Gasteiger partial charge is 0.395 e. The molecule has 7 N–H and O–H groups in total. The van der Waals surface area contributed by atoms with Crippen molar-refractivity contribution in [3.8, 4) is 0 Å². The van der Waals surface area contributed by atoms with Gasteiger partial charge in [-0.05, 0) is 25.7 Å². The van der Waals surface area contributed by atoms with E-state index >= 15 is 0 Å². The van der Waals surface area contributed by atoms with Crippen LogP contribution in [0.2, 0.25) is 0 Å². The molecule has 1 saturated heterocycles. The van der Waals surface area contributed by atoms with E-state index in [-0.39, 0.29) is 49.8 Å². The molecule has 0 spiro atoms. The highest BCUT2D eigenvalue weighted by atomic mass is 16.7. The van der Waals surface area contributed by atoms with Crippen LogP contribution in [0.1, 0.15) is 32.1 Å². The molecule has 124 valence electrons. The van der Waals surface area contributed by atoms with E-state index in [9.17, 15) is 0 Å². The first-order valence-corrected chi connectivity index (χ1v) is 7.88. The Morgan fingerprint density at radius 2 is 1.95 bits per heavy atom. The summed E-state index contributed by atoms with van der Waals surface area (Å²) in [5, 5.41) is 21.6. The standard InChI is InChI=1S/C14H29N3O4/c15-6-12-1-2-14(20-12)21-13-4-9(16)3-10(5-13)17-11(7-18)8-19/h9-14,17-19H,1-8,15-16H2. The Bertz CT molecular complexity index is 304. The van der Waals surface area contributed by atoms with Crippen molar-refractivity contribution in [1.82, 2.24) is 5.32 Å². The van der Waals surface area contributed by atoms with Crippen molar-refractivity contribution in [1.29, 1.82) is 0 Å². The summed E-state index contributed by atoms with van der Waals surface area (Å²) >= 11 is 0. The van der Waals surface area contributed by atoms with E-state index < -0.39 is 0 Å². The third-order valence-electron chi connectivity index (χ3n) is 4.29. The third kappa shape index (κ3) is 5.14. The van der Waals surface area contributed by atoms with Gasteiger partial charge in [0.2, 0.25) is 0 Å². The first-order chi connectivity index (χ1) is 10.1. The van der Waals surface area contributed by atoms with Crippen LogP contribution in [0.25, 0.3) is 0 Å². The molecule has 0 bridgehead atoms. The fourth-order valence-electron chi connectivity index (χ4n) is 3.21. The van der Waals surface area contributed by atoms with Gasteiger partial charge < -0.3 is 36.5 Å². The maximum Gasteiger partial charge on any atom is 0.158 e. The van der Waals surface area contributed by atoms with Gasteiger partial charge >= 0.3 is 0 Å². The normalized spacial score (nSPS) is 37.3. The second-order valence-corrected chi connectivity index (χ2v) is 6.15. The minimum absolute atomic E-state index is 0.0470. The molecule has 7 nitrogen and oxygen atoms in total. The summed E-state index contributed by atoms with van der Waals surface area (Å²) in [6.07, 6.45) is 4.25. The van der Waals surface area contributed by atoms with Crippen LogP contribution in [-0.2, 0) is 9.47 Å². The zero-order chi connectivity index (χ0) is 15.2. The Kier molecular flexibility index (Phi) is 6.81. The van der Waals surface area contributed by atoms with E-state index in [4.69, 9.17) is 31.2 Å². The van der Waals surface area contributed by atoms with E-state index in [1.54, 1.807) is 0 Å². The van der Waals surface area contributed by atoms with Gasteiger partial charge in [0.15, 0.2) is 6.29 Å². The molecular formula is C14H29N3O4. The first-order valence-electron chi connectivity index (χ1n) is 7.88. The number of ether oxygens (including phenoxy) is 2. The van der Waals surface area contributed by atoms with Crippen molar-refractivity contribution < 1.29 is 19.7 Å². The van der Waals surface area contributed by atoms with Gasteiger partial charge in [0.25, 0.3) is 0 Å². The smallest absolute Gasteiger partial charge is 0.158 e. The van der Waals surface area contributed by atoms with Crippen molar-refractivity contribution in [2.75, 3.05) is 19.8 Å². The van der Waals surface area contributed by atoms with Gasteiger partial charge in [0.1, 0.15) is 0 Å². The van der Waals surface area contributed by atoms with Crippen LogP contribution in [0.5, 0.6) is 0 Å². The molecule has 1 aliphatic carbocycles. The van der Waals surface area contributed by atoms with Crippen LogP contribution < -0.4 is 16.8 Å². The Labute approximate surface area is 126 Å². The Balaban J connectivity index is 1.80. The fourth-order valence-corrected chi connectivity index (χ4v) is 3.21. The number of aliphatic hydroxyl groups excluding tert-OH is 2. The molecule has 2 rings (SSSR count). The summed E-state index contributed by atoms with van der Waals surface area (Å²) in [4.78, 5) is 0. The summed E-state index contributed by atoms with van der Waals surface area (Å²) in [5.41, 5.74) is 11.7. The van der Waals surface area contributed by atoms with Crippen molar-refractivity contribution in [2.45, 2.75) is 68.7 Å². The first kappa shape index (κ1) is 17.1. The number of nitrogens with one attached hydrogen (secondary N) is 1. The highest BCUT2D eigenvalue weighted by Crippen LogP contribution is 2.27.